The van der Waals surface area contributed by atoms with Crippen molar-refractivity contribution in [3.63, 3.8) is 0 Å². The molecule has 0 bridgehead atoms. The SMILES string of the molecule is Cc1ccccc1/C=C/C(=O)c1ccc(-c2ccccc2)cc1. The second kappa shape index (κ2) is 6.89. The first kappa shape index (κ1) is 15.0. The molecule has 0 saturated carbocycles. The van der Waals surface area contributed by atoms with Gasteiger partial charge >= 0.3 is 0 Å². The summed E-state index contributed by atoms with van der Waals surface area (Å²) in [6, 6.07) is 25.9. The fourth-order valence-electron chi connectivity index (χ4n) is 2.49. The van der Waals surface area contributed by atoms with Crippen molar-refractivity contribution in [1.82, 2.24) is 0 Å². The van der Waals surface area contributed by atoms with Crippen molar-refractivity contribution in [3.05, 3.63) is 102 Å². The topological polar surface area (TPSA) is 17.1 Å². The zero-order valence-electron chi connectivity index (χ0n) is 13.1. The largest absolute Gasteiger partial charge is 0.289 e. The van der Waals surface area contributed by atoms with E-state index in [4.69, 9.17) is 0 Å². The van der Waals surface area contributed by atoms with Gasteiger partial charge in [0.1, 0.15) is 0 Å². The molecular weight excluding hydrogens is 280 g/mol. The molecule has 23 heavy (non-hydrogen) atoms. The molecule has 0 saturated heterocycles. The number of carbonyl (C=O) groups is 1. The molecule has 1 nitrogen and oxygen atoms in total. The predicted octanol–water partition coefficient (Wildman–Crippen LogP) is 5.56. The van der Waals surface area contributed by atoms with Crippen molar-refractivity contribution in [2.45, 2.75) is 6.92 Å². The lowest BCUT2D eigenvalue weighted by molar-refractivity contribution is 0.104. The average molecular weight is 298 g/mol. The molecule has 0 aliphatic carbocycles. The van der Waals surface area contributed by atoms with Crippen molar-refractivity contribution in [3.8, 4) is 11.1 Å². The molecular formula is C22H18O. The van der Waals surface area contributed by atoms with E-state index in [1.165, 1.54) is 0 Å². The van der Waals surface area contributed by atoms with Gasteiger partial charge in [-0.3, -0.25) is 4.79 Å². The van der Waals surface area contributed by atoms with Crippen LogP contribution in [0.4, 0.5) is 0 Å². The van der Waals surface area contributed by atoms with Gasteiger partial charge in [-0.1, -0.05) is 84.9 Å². The van der Waals surface area contributed by atoms with E-state index in [0.29, 0.717) is 5.56 Å². The molecule has 0 aromatic heterocycles. The summed E-state index contributed by atoms with van der Waals surface area (Å²) in [6.45, 7) is 2.04. The Kier molecular flexibility index (Phi) is 4.49. The molecule has 0 fully saturated rings. The summed E-state index contributed by atoms with van der Waals surface area (Å²) >= 11 is 0. The first-order valence-corrected chi connectivity index (χ1v) is 7.67. The third kappa shape index (κ3) is 3.64. The molecule has 3 rings (SSSR count). The number of rotatable bonds is 4. The summed E-state index contributed by atoms with van der Waals surface area (Å²) in [4.78, 5) is 12.3. The number of benzene rings is 3. The maximum Gasteiger partial charge on any atom is 0.185 e. The molecule has 3 aromatic carbocycles. The Balaban J connectivity index is 1.77. The van der Waals surface area contributed by atoms with Gasteiger partial charge in [-0.15, -0.1) is 0 Å². The van der Waals surface area contributed by atoms with E-state index in [1.54, 1.807) is 6.08 Å². The molecule has 0 N–H and O–H groups in total. The first-order valence-electron chi connectivity index (χ1n) is 7.67. The van der Waals surface area contributed by atoms with Gasteiger partial charge in [-0.25, -0.2) is 0 Å². The van der Waals surface area contributed by atoms with Crippen LogP contribution in [0.1, 0.15) is 21.5 Å². The molecule has 0 radical (unpaired) electrons. The summed E-state index contributed by atoms with van der Waals surface area (Å²) in [7, 11) is 0. The zero-order valence-corrected chi connectivity index (χ0v) is 13.1. The van der Waals surface area contributed by atoms with Crippen LogP contribution in [0.15, 0.2) is 84.9 Å². The molecule has 3 aromatic rings. The van der Waals surface area contributed by atoms with Gasteiger partial charge in [-0.2, -0.15) is 0 Å². The van der Waals surface area contributed by atoms with E-state index >= 15 is 0 Å². The number of hydrogen-bond acceptors (Lipinski definition) is 1. The molecule has 0 unspecified atom stereocenters. The van der Waals surface area contributed by atoms with Crippen molar-refractivity contribution < 1.29 is 4.79 Å². The van der Waals surface area contributed by atoms with E-state index < -0.39 is 0 Å². The lowest BCUT2D eigenvalue weighted by Crippen LogP contribution is -1.94. The molecule has 0 atom stereocenters. The maximum absolute atomic E-state index is 12.3. The Morgan fingerprint density at radius 1 is 0.739 bits per heavy atom. The fourth-order valence-corrected chi connectivity index (χ4v) is 2.49. The number of carbonyl (C=O) groups excluding carboxylic acids is 1. The van der Waals surface area contributed by atoms with E-state index in [1.807, 2.05) is 79.7 Å². The third-order valence-electron chi connectivity index (χ3n) is 3.88. The van der Waals surface area contributed by atoms with Crippen molar-refractivity contribution in [1.29, 1.82) is 0 Å². The number of allylic oxidation sites excluding steroid dienone is 1. The molecule has 1 heteroatoms. The van der Waals surface area contributed by atoms with Gasteiger partial charge in [-0.05, 0) is 35.3 Å². The standard InChI is InChI=1S/C22H18O/c1-17-7-5-6-8-18(17)15-16-22(23)21-13-11-20(12-14-21)19-9-3-2-4-10-19/h2-16H,1H3/b16-15+. The highest BCUT2D eigenvalue weighted by molar-refractivity contribution is 6.07. The van der Waals surface area contributed by atoms with E-state index in [2.05, 4.69) is 12.1 Å². The molecule has 0 aliphatic rings. The molecule has 0 heterocycles. The highest BCUT2D eigenvalue weighted by atomic mass is 16.1. The quantitative estimate of drug-likeness (QED) is 0.455. The van der Waals surface area contributed by atoms with Gasteiger partial charge in [0.25, 0.3) is 0 Å². The predicted molar refractivity (Wildman–Crippen MR) is 96.4 cm³/mol. The highest BCUT2D eigenvalue weighted by Crippen LogP contribution is 2.19. The summed E-state index contributed by atoms with van der Waals surface area (Å²) in [6.07, 6.45) is 3.52. The van der Waals surface area contributed by atoms with E-state index in [9.17, 15) is 4.79 Å². The summed E-state index contributed by atoms with van der Waals surface area (Å²) < 4.78 is 0. The lowest BCUT2D eigenvalue weighted by Gasteiger charge is -2.03. The highest BCUT2D eigenvalue weighted by Gasteiger charge is 2.03. The minimum atomic E-state index is 0.0212. The van der Waals surface area contributed by atoms with Gasteiger partial charge < -0.3 is 0 Å². The maximum atomic E-state index is 12.3. The monoisotopic (exact) mass is 298 g/mol. The smallest absolute Gasteiger partial charge is 0.185 e. The first-order chi connectivity index (χ1) is 11.2. The minimum Gasteiger partial charge on any atom is -0.289 e. The van der Waals surface area contributed by atoms with Crippen LogP contribution in [0.2, 0.25) is 0 Å². The molecule has 0 aliphatic heterocycles. The Labute approximate surface area is 136 Å². The Hall–Kier alpha value is -2.93. The fraction of sp³-hybridized carbons (Fsp3) is 0.0455. The lowest BCUT2D eigenvalue weighted by atomic mass is 10.0. The van der Waals surface area contributed by atoms with E-state index in [0.717, 1.165) is 22.3 Å². The molecule has 112 valence electrons. The van der Waals surface area contributed by atoms with Crippen LogP contribution in [0.25, 0.3) is 17.2 Å². The van der Waals surface area contributed by atoms with Crippen LogP contribution >= 0.6 is 0 Å². The van der Waals surface area contributed by atoms with E-state index in [-0.39, 0.29) is 5.78 Å². The second-order valence-corrected chi connectivity index (χ2v) is 5.50. The van der Waals surface area contributed by atoms with Gasteiger partial charge in [0.2, 0.25) is 0 Å². The Morgan fingerprint density at radius 2 is 1.35 bits per heavy atom. The Bertz CT molecular complexity index is 827. The van der Waals surface area contributed by atoms with Crippen LogP contribution in [-0.4, -0.2) is 5.78 Å². The van der Waals surface area contributed by atoms with Gasteiger partial charge in [0.05, 0.1) is 0 Å². The molecule has 0 amide bonds. The Morgan fingerprint density at radius 3 is 2.04 bits per heavy atom. The van der Waals surface area contributed by atoms with Crippen molar-refractivity contribution in [2.75, 3.05) is 0 Å². The number of ketones is 1. The van der Waals surface area contributed by atoms with Gasteiger partial charge in [0.15, 0.2) is 5.78 Å². The van der Waals surface area contributed by atoms with Crippen LogP contribution in [0, 0.1) is 6.92 Å². The van der Waals surface area contributed by atoms with Crippen LogP contribution in [-0.2, 0) is 0 Å². The number of hydrogen-bond donors (Lipinski definition) is 0. The van der Waals surface area contributed by atoms with Crippen molar-refractivity contribution >= 4 is 11.9 Å². The van der Waals surface area contributed by atoms with Gasteiger partial charge in [0, 0.05) is 5.56 Å². The molecule has 0 spiro atoms. The zero-order chi connectivity index (χ0) is 16.1. The summed E-state index contributed by atoms with van der Waals surface area (Å²) in [5.41, 5.74) is 5.21. The average Bonchev–Trinajstić information content (AvgIpc) is 2.62. The normalized spacial score (nSPS) is 10.8. The number of aryl methyl sites for hydroxylation is 1. The van der Waals surface area contributed by atoms with Crippen LogP contribution < -0.4 is 0 Å². The van der Waals surface area contributed by atoms with Crippen LogP contribution in [0.3, 0.4) is 0 Å². The third-order valence-corrected chi connectivity index (χ3v) is 3.88. The minimum absolute atomic E-state index is 0.0212. The summed E-state index contributed by atoms with van der Waals surface area (Å²) in [5.74, 6) is 0.0212. The second-order valence-electron chi connectivity index (χ2n) is 5.50. The van der Waals surface area contributed by atoms with Crippen molar-refractivity contribution in [2.24, 2.45) is 0 Å². The van der Waals surface area contributed by atoms with Crippen LogP contribution in [0.5, 0.6) is 0 Å². The summed E-state index contributed by atoms with van der Waals surface area (Å²) in [5, 5.41) is 0.